The molecule has 0 aliphatic carbocycles. The number of carbonyl (C=O) groups excluding carboxylic acids is 1. The normalized spacial score (nSPS) is 19.2. The van der Waals surface area contributed by atoms with E-state index in [1.54, 1.807) is 0 Å². The van der Waals surface area contributed by atoms with E-state index in [-0.39, 0.29) is 18.3 Å². The van der Waals surface area contributed by atoms with Crippen LogP contribution < -0.4 is 5.32 Å². The van der Waals surface area contributed by atoms with Crippen LogP contribution in [-0.2, 0) is 6.54 Å². The van der Waals surface area contributed by atoms with Crippen LogP contribution in [0.15, 0.2) is 22.7 Å². The summed E-state index contributed by atoms with van der Waals surface area (Å²) in [5.74, 6) is 0.859. The van der Waals surface area contributed by atoms with Gasteiger partial charge in [-0.05, 0) is 49.5 Å². The standard InChI is InChI=1S/C14H17BrN2O.ClH/c15-12-2-1-11-9-17(14(18)13(11)7-12)8-10-3-5-16-6-4-10;/h1-2,7,10,16H,3-6,8-9H2;1H. The largest absolute Gasteiger partial charge is 0.334 e. The highest BCUT2D eigenvalue weighted by atomic mass is 79.9. The minimum Gasteiger partial charge on any atom is -0.334 e. The average molecular weight is 346 g/mol. The van der Waals surface area contributed by atoms with Gasteiger partial charge in [-0.1, -0.05) is 22.0 Å². The van der Waals surface area contributed by atoms with E-state index in [0.29, 0.717) is 5.92 Å². The van der Waals surface area contributed by atoms with Gasteiger partial charge in [0.2, 0.25) is 0 Å². The van der Waals surface area contributed by atoms with Crippen LogP contribution in [0.2, 0.25) is 0 Å². The van der Waals surface area contributed by atoms with Crippen molar-refractivity contribution in [1.82, 2.24) is 10.2 Å². The molecule has 1 amide bonds. The summed E-state index contributed by atoms with van der Waals surface area (Å²) in [6, 6.07) is 6.01. The number of carbonyl (C=O) groups is 1. The Morgan fingerprint density at radius 2 is 2.05 bits per heavy atom. The summed E-state index contributed by atoms with van der Waals surface area (Å²) in [6.45, 7) is 3.87. The van der Waals surface area contributed by atoms with E-state index in [1.807, 2.05) is 17.0 Å². The maximum atomic E-state index is 12.3. The van der Waals surface area contributed by atoms with Gasteiger partial charge in [-0.2, -0.15) is 0 Å². The van der Waals surface area contributed by atoms with E-state index in [0.717, 1.165) is 41.8 Å². The first kappa shape index (κ1) is 14.8. The lowest BCUT2D eigenvalue weighted by Gasteiger charge is -2.27. The molecule has 0 unspecified atom stereocenters. The Morgan fingerprint density at radius 3 is 2.79 bits per heavy atom. The third kappa shape index (κ3) is 3.12. The van der Waals surface area contributed by atoms with Gasteiger partial charge < -0.3 is 10.2 Å². The Balaban J connectivity index is 0.00000133. The lowest BCUT2D eigenvalue weighted by Crippen LogP contribution is -2.36. The Morgan fingerprint density at radius 1 is 1.32 bits per heavy atom. The van der Waals surface area contributed by atoms with Gasteiger partial charge in [0.05, 0.1) is 0 Å². The molecule has 3 rings (SSSR count). The van der Waals surface area contributed by atoms with Gasteiger partial charge in [0.15, 0.2) is 0 Å². The number of hydrogen-bond donors (Lipinski definition) is 1. The molecule has 0 radical (unpaired) electrons. The van der Waals surface area contributed by atoms with Crippen molar-refractivity contribution in [3.8, 4) is 0 Å². The molecular formula is C14H18BrClN2O. The number of nitrogens with one attached hydrogen (secondary N) is 1. The van der Waals surface area contributed by atoms with Crippen LogP contribution in [0.4, 0.5) is 0 Å². The van der Waals surface area contributed by atoms with E-state index in [9.17, 15) is 4.79 Å². The molecule has 1 aromatic carbocycles. The topological polar surface area (TPSA) is 32.3 Å². The lowest BCUT2D eigenvalue weighted by molar-refractivity contribution is 0.0740. The van der Waals surface area contributed by atoms with E-state index in [4.69, 9.17) is 0 Å². The second-order valence-electron chi connectivity index (χ2n) is 5.18. The van der Waals surface area contributed by atoms with Crippen molar-refractivity contribution in [3.63, 3.8) is 0 Å². The Hall–Kier alpha value is -0.580. The molecule has 2 heterocycles. The molecule has 0 saturated carbocycles. The molecule has 1 fully saturated rings. The van der Waals surface area contributed by atoms with Gasteiger partial charge in [0.1, 0.15) is 0 Å². The summed E-state index contributed by atoms with van der Waals surface area (Å²) in [4.78, 5) is 14.3. The van der Waals surface area contributed by atoms with Gasteiger partial charge in [0.25, 0.3) is 5.91 Å². The van der Waals surface area contributed by atoms with Gasteiger partial charge >= 0.3 is 0 Å². The minimum absolute atomic E-state index is 0. The second-order valence-corrected chi connectivity index (χ2v) is 6.10. The van der Waals surface area contributed by atoms with Crippen LogP contribution in [0, 0.1) is 5.92 Å². The molecule has 2 aliphatic heterocycles. The molecule has 3 nitrogen and oxygen atoms in total. The third-order valence-corrected chi connectivity index (χ3v) is 4.38. The predicted molar refractivity (Wildman–Crippen MR) is 81.7 cm³/mol. The highest BCUT2D eigenvalue weighted by molar-refractivity contribution is 9.10. The van der Waals surface area contributed by atoms with Crippen molar-refractivity contribution in [2.45, 2.75) is 19.4 Å². The van der Waals surface area contributed by atoms with E-state index in [1.165, 1.54) is 12.8 Å². The number of halogens is 2. The molecule has 0 atom stereocenters. The monoisotopic (exact) mass is 344 g/mol. The number of piperidine rings is 1. The van der Waals surface area contributed by atoms with Crippen molar-refractivity contribution in [2.75, 3.05) is 19.6 Å². The zero-order valence-corrected chi connectivity index (χ0v) is 13.1. The van der Waals surface area contributed by atoms with Crippen molar-refractivity contribution in [3.05, 3.63) is 33.8 Å². The number of amides is 1. The Bertz CT molecular complexity index is 475. The quantitative estimate of drug-likeness (QED) is 0.894. The van der Waals surface area contributed by atoms with Gasteiger partial charge in [-0.3, -0.25) is 4.79 Å². The molecule has 0 spiro atoms. The highest BCUT2D eigenvalue weighted by Gasteiger charge is 2.29. The first-order valence-electron chi connectivity index (χ1n) is 6.52. The molecule has 5 heteroatoms. The first-order valence-corrected chi connectivity index (χ1v) is 7.32. The fraction of sp³-hybridized carbons (Fsp3) is 0.500. The summed E-state index contributed by atoms with van der Waals surface area (Å²) < 4.78 is 0.985. The number of rotatable bonds is 2. The van der Waals surface area contributed by atoms with Crippen molar-refractivity contribution in [1.29, 1.82) is 0 Å². The van der Waals surface area contributed by atoms with Crippen molar-refractivity contribution >= 4 is 34.2 Å². The molecule has 0 bridgehead atoms. The third-order valence-electron chi connectivity index (χ3n) is 3.89. The maximum Gasteiger partial charge on any atom is 0.254 e. The van der Waals surface area contributed by atoms with E-state index < -0.39 is 0 Å². The van der Waals surface area contributed by atoms with Gasteiger partial charge in [-0.25, -0.2) is 0 Å². The van der Waals surface area contributed by atoms with Gasteiger partial charge in [0, 0.05) is 23.1 Å². The average Bonchev–Trinajstić information content (AvgIpc) is 2.68. The lowest BCUT2D eigenvalue weighted by atomic mass is 9.98. The van der Waals surface area contributed by atoms with E-state index in [2.05, 4.69) is 27.3 Å². The second kappa shape index (κ2) is 6.25. The number of benzene rings is 1. The zero-order chi connectivity index (χ0) is 12.5. The summed E-state index contributed by atoms with van der Waals surface area (Å²) in [6.07, 6.45) is 2.37. The first-order chi connectivity index (χ1) is 8.74. The molecule has 104 valence electrons. The van der Waals surface area contributed by atoms with Crippen molar-refractivity contribution in [2.24, 2.45) is 5.92 Å². The Kier molecular flexibility index (Phi) is 4.87. The number of hydrogen-bond acceptors (Lipinski definition) is 2. The molecular weight excluding hydrogens is 328 g/mol. The maximum absolute atomic E-state index is 12.3. The molecule has 1 N–H and O–H groups in total. The summed E-state index contributed by atoms with van der Waals surface area (Å²) in [7, 11) is 0. The summed E-state index contributed by atoms with van der Waals surface area (Å²) >= 11 is 3.43. The minimum atomic E-state index is 0. The van der Waals surface area contributed by atoms with Gasteiger partial charge in [-0.15, -0.1) is 12.4 Å². The summed E-state index contributed by atoms with van der Waals surface area (Å²) in [5.41, 5.74) is 2.04. The van der Waals surface area contributed by atoms with Crippen LogP contribution in [0.1, 0.15) is 28.8 Å². The van der Waals surface area contributed by atoms with Crippen LogP contribution in [0.25, 0.3) is 0 Å². The smallest absolute Gasteiger partial charge is 0.254 e. The fourth-order valence-corrected chi connectivity index (χ4v) is 3.22. The van der Waals surface area contributed by atoms with Crippen LogP contribution in [0.5, 0.6) is 0 Å². The number of nitrogens with zero attached hydrogens (tertiary/aromatic N) is 1. The fourth-order valence-electron chi connectivity index (χ4n) is 2.86. The van der Waals surface area contributed by atoms with Crippen LogP contribution >= 0.6 is 28.3 Å². The molecule has 1 aromatic rings. The highest BCUT2D eigenvalue weighted by Crippen LogP contribution is 2.27. The molecule has 1 saturated heterocycles. The van der Waals surface area contributed by atoms with E-state index >= 15 is 0 Å². The molecule has 19 heavy (non-hydrogen) atoms. The zero-order valence-electron chi connectivity index (χ0n) is 10.7. The predicted octanol–water partition coefficient (Wildman–Crippen LogP) is 2.83. The SMILES string of the molecule is Cl.O=C1c2cc(Br)ccc2CN1CC1CCNCC1. The van der Waals surface area contributed by atoms with Crippen LogP contribution in [-0.4, -0.2) is 30.4 Å². The molecule has 2 aliphatic rings. The van der Waals surface area contributed by atoms with Crippen molar-refractivity contribution < 1.29 is 4.79 Å². The Labute approximate surface area is 128 Å². The summed E-state index contributed by atoms with van der Waals surface area (Å²) in [5, 5.41) is 3.37. The van der Waals surface area contributed by atoms with Crippen LogP contribution in [0.3, 0.4) is 0 Å². The number of fused-ring (bicyclic) bond motifs is 1. The molecule has 0 aromatic heterocycles.